The molecule has 0 spiro atoms. The highest BCUT2D eigenvalue weighted by Gasteiger charge is 2.41. The first-order valence-electron chi connectivity index (χ1n) is 16.1. The normalized spacial score (nSPS) is 15.4. The molecule has 260 valence electrons. The standard InChI is InChI=1S/C38H33F3N6O4/c1-3-31-18-34(32-17-30(38(39,40)41)11-12-33(32)47(31)37(49)50-4-2)46(23-29-15-27(19-42)14-28(16-29)20-43)36-44-21-26(22-45-36)10-13-35(48)51-24-25-8-6-5-7-9-25/h5-17,21-22,31,34H,3-4,18,23-24H2,1-2H3/b13-10+/t31-,34+/m1/s1. The highest BCUT2D eigenvalue weighted by Crippen LogP contribution is 2.45. The van der Waals surface area contributed by atoms with Crippen molar-refractivity contribution < 1.29 is 32.2 Å². The fourth-order valence-corrected chi connectivity index (χ4v) is 5.92. The van der Waals surface area contributed by atoms with Crippen molar-refractivity contribution in [3.8, 4) is 12.1 Å². The summed E-state index contributed by atoms with van der Waals surface area (Å²) in [6.45, 7) is 3.69. The van der Waals surface area contributed by atoms with Crippen LogP contribution in [0, 0.1) is 22.7 Å². The second-order valence-corrected chi connectivity index (χ2v) is 11.7. The van der Waals surface area contributed by atoms with Gasteiger partial charge in [0.25, 0.3) is 0 Å². The molecule has 10 nitrogen and oxygen atoms in total. The molecule has 0 radical (unpaired) electrons. The largest absolute Gasteiger partial charge is 0.458 e. The van der Waals surface area contributed by atoms with Gasteiger partial charge < -0.3 is 14.4 Å². The van der Waals surface area contributed by atoms with Crippen molar-refractivity contribution in [3.05, 3.63) is 124 Å². The third kappa shape index (κ3) is 8.69. The Labute approximate surface area is 293 Å². The molecule has 0 N–H and O–H groups in total. The summed E-state index contributed by atoms with van der Waals surface area (Å²) in [5, 5.41) is 19.3. The molecule has 1 aliphatic heterocycles. The Hall–Kier alpha value is -6.21. The summed E-state index contributed by atoms with van der Waals surface area (Å²) in [6.07, 6.45) is 0.930. The van der Waals surface area contributed by atoms with Gasteiger partial charge in [-0.25, -0.2) is 19.6 Å². The molecule has 0 aliphatic carbocycles. The second-order valence-electron chi connectivity index (χ2n) is 11.7. The van der Waals surface area contributed by atoms with Crippen LogP contribution >= 0.6 is 0 Å². The van der Waals surface area contributed by atoms with E-state index in [0.29, 0.717) is 17.5 Å². The third-order valence-corrected chi connectivity index (χ3v) is 8.30. The van der Waals surface area contributed by atoms with Gasteiger partial charge in [-0.2, -0.15) is 23.7 Å². The number of ether oxygens (including phenoxy) is 2. The Morgan fingerprint density at radius 1 is 0.961 bits per heavy atom. The van der Waals surface area contributed by atoms with E-state index in [9.17, 15) is 33.3 Å². The number of fused-ring (bicyclic) bond motifs is 1. The van der Waals surface area contributed by atoms with E-state index in [0.717, 1.165) is 17.7 Å². The maximum absolute atomic E-state index is 14.1. The van der Waals surface area contributed by atoms with Gasteiger partial charge >= 0.3 is 18.2 Å². The minimum atomic E-state index is -4.67. The number of hydrogen-bond donors (Lipinski definition) is 0. The van der Waals surface area contributed by atoms with Crippen LogP contribution in [0.15, 0.2) is 85.2 Å². The maximum atomic E-state index is 14.1. The number of nitrogens with zero attached hydrogens (tertiary/aromatic N) is 6. The van der Waals surface area contributed by atoms with E-state index in [4.69, 9.17) is 9.47 Å². The maximum Gasteiger partial charge on any atom is 0.416 e. The summed E-state index contributed by atoms with van der Waals surface area (Å²) in [5.74, 6) is -0.446. The first-order valence-corrected chi connectivity index (χ1v) is 16.1. The molecule has 0 unspecified atom stereocenters. The lowest BCUT2D eigenvalue weighted by molar-refractivity contribution is -0.139. The van der Waals surface area contributed by atoms with Crippen molar-refractivity contribution in [2.24, 2.45) is 0 Å². The molecule has 51 heavy (non-hydrogen) atoms. The van der Waals surface area contributed by atoms with E-state index in [-0.39, 0.29) is 54.5 Å². The van der Waals surface area contributed by atoms with Crippen LogP contribution in [-0.2, 0) is 33.6 Å². The lowest BCUT2D eigenvalue weighted by atomic mass is 9.87. The fourth-order valence-electron chi connectivity index (χ4n) is 5.92. The molecule has 0 bridgehead atoms. The fraction of sp³-hybridized carbons (Fsp3) is 0.263. The van der Waals surface area contributed by atoms with E-state index < -0.39 is 35.9 Å². The number of halogens is 3. The van der Waals surface area contributed by atoms with Crippen molar-refractivity contribution >= 4 is 29.8 Å². The van der Waals surface area contributed by atoms with Crippen LogP contribution in [0.2, 0.25) is 0 Å². The van der Waals surface area contributed by atoms with Crippen molar-refractivity contribution in [1.29, 1.82) is 10.5 Å². The SMILES string of the molecule is CCOC(=O)N1c2ccc(C(F)(F)F)cc2[C@@H](N(Cc2cc(C#N)cc(C#N)c2)c2ncc(/C=C/C(=O)OCc3ccccc3)cn2)C[C@H]1CC. The molecular formula is C38H33F3N6O4. The van der Waals surface area contributed by atoms with Gasteiger partial charge in [0.05, 0.1) is 47.2 Å². The number of alkyl halides is 3. The van der Waals surface area contributed by atoms with Crippen molar-refractivity contribution in [2.45, 2.75) is 58.1 Å². The zero-order valence-electron chi connectivity index (χ0n) is 27.8. The first kappa shape index (κ1) is 36.1. The van der Waals surface area contributed by atoms with Crippen LogP contribution in [-0.4, -0.2) is 34.7 Å². The molecule has 2 atom stereocenters. The molecule has 1 aromatic heterocycles. The topological polar surface area (TPSA) is 132 Å². The number of aromatic nitrogens is 2. The van der Waals surface area contributed by atoms with Crippen molar-refractivity contribution in [1.82, 2.24) is 9.97 Å². The van der Waals surface area contributed by atoms with Gasteiger partial charge in [0, 0.05) is 36.6 Å². The Morgan fingerprint density at radius 3 is 2.25 bits per heavy atom. The number of anilines is 2. The molecule has 5 rings (SSSR count). The van der Waals surface area contributed by atoms with E-state index in [2.05, 4.69) is 9.97 Å². The molecule has 0 fully saturated rings. The molecular weight excluding hydrogens is 661 g/mol. The molecule has 0 saturated carbocycles. The molecule has 1 amide bonds. The highest BCUT2D eigenvalue weighted by atomic mass is 19.4. The predicted octanol–water partition coefficient (Wildman–Crippen LogP) is 7.89. The number of hydrogen-bond acceptors (Lipinski definition) is 9. The Balaban J connectivity index is 1.55. The van der Waals surface area contributed by atoms with Crippen molar-refractivity contribution in [3.63, 3.8) is 0 Å². The van der Waals surface area contributed by atoms with E-state index in [1.54, 1.807) is 24.0 Å². The monoisotopic (exact) mass is 694 g/mol. The highest BCUT2D eigenvalue weighted by molar-refractivity contribution is 5.90. The number of esters is 1. The van der Waals surface area contributed by atoms with Gasteiger partial charge in [-0.15, -0.1) is 0 Å². The zero-order valence-corrected chi connectivity index (χ0v) is 27.8. The predicted molar refractivity (Wildman–Crippen MR) is 182 cm³/mol. The number of amides is 1. The summed E-state index contributed by atoms with van der Waals surface area (Å²) in [5.41, 5.74) is 1.83. The van der Waals surface area contributed by atoms with Gasteiger partial charge in [-0.3, -0.25) is 4.90 Å². The minimum absolute atomic E-state index is 0.00138. The van der Waals surface area contributed by atoms with Crippen LogP contribution in [0.25, 0.3) is 6.08 Å². The second kappa shape index (κ2) is 16.0. The Morgan fingerprint density at radius 2 is 1.65 bits per heavy atom. The molecule has 3 aromatic carbocycles. The quantitative estimate of drug-likeness (QED) is 0.120. The summed E-state index contributed by atoms with van der Waals surface area (Å²) in [7, 11) is 0. The van der Waals surface area contributed by atoms with Crippen LogP contribution in [0.5, 0.6) is 0 Å². The Kier molecular flexibility index (Phi) is 11.3. The molecule has 4 aromatic rings. The average molecular weight is 695 g/mol. The lowest BCUT2D eigenvalue weighted by Crippen LogP contribution is -2.48. The lowest BCUT2D eigenvalue weighted by Gasteiger charge is -2.44. The van der Waals surface area contributed by atoms with Gasteiger partial charge in [0.1, 0.15) is 6.61 Å². The number of benzene rings is 3. The molecule has 13 heteroatoms. The average Bonchev–Trinajstić information content (AvgIpc) is 3.14. The van der Waals surface area contributed by atoms with Crippen molar-refractivity contribution in [2.75, 3.05) is 16.4 Å². The van der Waals surface area contributed by atoms with Gasteiger partial charge in [-0.05, 0) is 78.9 Å². The van der Waals surface area contributed by atoms with E-state index >= 15 is 0 Å². The van der Waals surface area contributed by atoms with Crippen LogP contribution in [0.1, 0.15) is 71.7 Å². The number of rotatable bonds is 10. The minimum Gasteiger partial charge on any atom is -0.458 e. The number of nitriles is 2. The summed E-state index contributed by atoms with van der Waals surface area (Å²) < 4.78 is 52.9. The van der Waals surface area contributed by atoms with Gasteiger partial charge in [-0.1, -0.05) is 37.3 Å². The number of carbonyl (C=O) groups excluding carboxylic acids is 2. The smallest absolute Gasteiger partial charge is 0.416 e. The summed E-state index contributed by atoms with van der Waals surface area (Å²) >= 11 is 0. The van der Waals surface area contributed by atoms with Gasteiger partial charge in [0.15, 0.2) is 0 Å². The summed E-state index contributed by atoms with van der Waals surface area (Å²) in [6, 6.07) is 19.9. The third-order valence-electron chi connectivity index (χ3n) is 8.30. The van der Waals surface area contributed by atoms with E-state index in [1.165, 1.54) is 41.6 Å². The van der Waals surface area contributed by atoms with Crippen LogP contribution in [0.3, 0.4) is 0 Å². The van der Waals surface area contributed by atoms with Crippen LogP contribution in [0.4, 0.5) is 29.6 Å². The first-order chi connectivity index (χ1) is 24.5. The summed E-state index contributed by atoms with van der Waals surface area (Å²) in [4.78, 5) is 37.7. The molecule has 2 heterocycles. The zero-order chi connectivity index (χ0) is 36.5. The van der Waals surface area contributed by atoms with Crippen LogP contribution < -0.4 is 9.80 Å². The Bertz CT molecular complexity index is 1960. The molecule has 1 aliphatic rings. The van der Waals surface area contributed by atoms with Gasteiger partial charge in [0.2, 0.25) is 5.95 Å². The number of carbonyl (C=O) groups is 2. The molecule has 0 saturated heterocycles. The van der Waals surface area contributed by atoms with E-state index in [1.807, 2.05) is 49.4 Å².